The molecule has 0 atom stereocenters. The Morgan fingerprint density at radius 1 is 1.07 bits per heavy atom. The third-order valence-electron chi connectivity index (χ3n) is 3.72. The lowest BCUT2D eigenvalue weighted by Gasteiger charge is -2.22. The zero-order valence-electron chi connectivity index (χ0n) is 8.55. The van der Waals surface area contributed by atoms with Gasteiger partial charge in [-0.3, -0.25) is 0 Å². The fraction of sp³-hybridized carbons (Fsp3) is 0.571. The van der Waals surface area contributed by atoms with Crippen LogP contribution in [0.2, 0.25) is 0 Å². The zero-order valence-corrected chi connectivity index (χ0v) is 8.55. The van der Waals surface area contributed by atoms with E-state index in [1.165, 1.54) is 44.1 Å². The van der Waals surface area contributed by atoms with Crippen molar-refractivity contribution >= 4 is 0 Å². The van der Waals surface area contributed by atoms with E-state index in [4.69, 9.17) is 5.73 Å². The van der Waals surface area contributed by atoms with Crippen molar-refractivity contribution in [2.45, 2.75) is 51.5 Å². The molecule has 1 aromatic rings. The minimum Gasteiger partial charge on any atom is -0.321 e. The number of hydrogen-bond donors (Lipinski definition) is 1. The second-order valence-corrected chi connectivity index (χ2v) is 4.81. The average Bonchev–Trinajstić information content (AvgIpc) is 2.97. The molecule has 0 radical (unpaired) electrons. The van der Waals surface area contributed by atoms with E-state index < -0.39 is 0 Å². The summed E-state index contributed by atoms with van der Waals surface area (Å²) in [7, 11) is 0. The van der Waals surface area contributed by atoms with Gasteiger partial charge in [0.15, 0.2) is 0 Å². The number of benzene rings is 1. The first-order valence-electron chi connectivity index (χ1n) is 5.70. The van der Waals surface area contributed by atoms with Crippen LogP contribution in [-0.2, 0) is 18.4 Å². The summed E-state index contributed by atoms with van der Waals surface area (Å²) in [5.74, 6) is 0. The van der Waals surface area contributed by atoms with Crippen molar-refractivity contribution in [1.29, 1.82) is 0 Å². The Bertz CT molecular complexity index is 364. The maximum absolute atomic E-state index is 6.29. The summed E-state index contributed by atoms with van der Waals surface area (Å²) in [5, 5.41) is 0. The molecule has 1 aromatic carbocycles. The van der Waals surface area contributed by atoms with E-state index >= 15 is 0 Å². The maximum atomic E-state index is 6.29. The molecule has 0 spiro atoms. The zero-order chi connectivity index (χ0) is 9.60. The number of fused-ring (bicyclic) bond motifs is 1. The molecule has 1 fully saturated rings. The molecule has 0 heterocycles. The minimum absolute atomic E-state index is 0. The van der Waals surface area contributed by atoms with Crippen LogP contribution in [0, 0.1) is 0 Å². The lowest BCUT2D eigenvalue weighted by Crippen LogP contribution is -2.22. The Morgan fingerprint density at radius 3 is 2.53 bits per heavy atom. The number of nitrogens with two attached hydrogens (primary N) is 1. The van der Waals surface area contributed by atoms with Gasteiger partial charge in [0, 0.05) is 5.54 Å². The summed E-state index contributed by atoms with van der Waals surface area (Å²) in [6.07, 6.45) is 7.59. The van der Waals surface area contributed by atoms with Gasteiger partial charge in [0.1, 0.15) is 0 Å². The molecule has 3 rings (SSSR count). The molecule has 1 nitrogen and oxygen atoms in total. The first-order chi connectivity index (χ1) is 6.80. The fourth-order valence-electron chi connectivity index (χ4n) is 2.65. The number of hydrogen-bond acceptors (Lipinski definition) is 1. The Morgan fingerprint density at radius 2 is 1.80 bits per heavy atom. The summed E-state index contributed by atoms with van der Waals surface area (Å²) in [6, 6.07) is 6.72. The van der Waals surface area contributed by atoms with Crippen molar-refractivity contribution in [1.82, 2.24) is 0 Å². The first kappa shape index (κ1) is 10.7. The predicted octanol–water partition coefficient (Wildman–Crippen LogP) is 3.15. The van der Waals surface area contributed by atoms with Gasteiger partial charge in [-0.05, 0) is 55.2 Å². The molecule has 15 heavy (non-hydrogen) atoms. The van der Waals surface area contributed by atoms with Gasteiger partial charge >= 0.3 is 0 Å². The van der Waals surface area contributed by atoms with Gasteiger partial charge in [-0.2, -0.15) is 0 Å². The van der Waals surface area contributed by atoms with Crippen LogP contribution in [0.3, 0.4) is 0 Å². The molecule has 0 saturated heterocycles. The van der Waals surface area contributed by atoms with Crippen LogP contribution in [0.5, 0.6) is 0 Å². The van der Waals surface area contributed by atoms with Crippen molar-refractivity contribution in [2.75, 3.05) is 0 Å². The number of rotatable bonds is 1. The summed E-state index contributed by atoms with van der Waals surface area (Å²) >= 11 is 0. The molecule has 1 saturated carbocycles. The predicted molar refractivity (Wildman–Crippen MR) is 64.9 cm³/mol. The van der Waals surface area contributed by atoms with Crippen LogP contribution in [0.25, 0.3) is 0 Å². The Balaban J connectivity index is 0.000000853. The molecule has 2 N–H and O–H groups in total. The molecule has 1 heteroatoms. The van der Waals surface area contributed by atoms with Crippen LogP contribution >= 0.6 is 0 Å². The lowest BCUT2D eigenvalue weighted by molar-refractivity contribution is 0.651. The van der Waals surface area contributed by atoms with Crippen molar-refractivity contribution in [3.63, 3.8) is 0 Å². The van der Waals surface area contributed by atoms with Gasteiger partial charge in [0.2, 0.25) is 0 Å². The lowest BCUT2D eigenvalue weighted by atomic mass is 9.85. The quantitative estimate of drug-likeness (QED) is 0.745. The van der Waals surface area contributed by atoms with E-state index in [2.05, 4.69) is 18.2 Å². The molecule has 2 aliphatic carbocycles. The second-order valence-electron chi connectivity index (χ2n) is 4.81. The van der Waals surface area contributed by atoms with Gasteiger partial charge in [-0.25, -0.2) is 0 Å². The molecule has 0 aliphatic heterocycles. The van der Waals surface area contributed by atoms with Gasteiger partial charge < -0.3 is 5.73 Å². The topological polar surface area (TPSA) is 26.0 Å². The van der Waals surface area contributed by atoms with Crippen molar-refractivity contribution in [3.8, 4) is 0 Å². The van der Waals surface area contributed by atoms with E-state index in [0.717, 1.165) is 0 Å². The normalized spacial score (nSPS) is 21.4. The molecule has 0 bridgehead atoms. The summed E-state index contributed by atoms with van der Waals surface area (Å²) in [6.45, 7) is 0. The Hall–Kier alpha value is -0.820. The van der Waals surface area contributed by atoms with Crippen LogP contribution in [-0.4, -0.2) is 0 Å². The highest BCUT2D eigenvalue weighted by Gasteiger charge is 2.41. The summed E-state index contributed by atoms with van der Waals surface area (Å²) in [5.41, 5.74) is 10.9. The van der Waals surface area contributed by atoms with E-state index in [9.17, 15) is 0 Å². The minimum atomic E-state index is 0. The third-order valence-corrected chi connectivity index (χ3v) is 3.72. The van der Waals surface area contributed by atoms with Crippen molar-refractivity contribution in [2.24, 2.45) is 5.73 Å². The van der Waals surface area contributed by atoms with E-state index in [-0.39, 0.29) is 13.0 Å². The highest BCUT2D eigenvalue weighted by Crippen LogP contribution is 2.45. The van der Waals surface area contributed by atoms with Crippen molar-refractivity contribution in [3.05, 3.63) is 34.9 Å². The molecule has 2 aliphatic rings. The molecular formula is C14H21N. The third kappa shape index (κ3) is 1.69. The molecule has 0 aromatic heterocycles. The highest BCUT2D eigenvalue weighted by atomic mass is 14.8. The monoisotopic (exact) mass is 203 g/mol. The molecular weight excluding hydrogens is 182 g/mol. The smallest absolute Gasteiger partial charge is 0.0414 e. The van der Waals surface area contributed by atoms with Crippen LogP contribution in [0.1, 0.15) is 49.8 Å². The Kier molecular flexibility index (Phi) is 2.59. The average molecular weight is 203 g/mol. The Labute approximate surface area is 92.7 Å². The summed E-state index contributed by atoms with van der Waals surface area (Å²) < 4.78 is 0. The van der Waals surface area contributed by atoms with E-state index in [1.54, 1.807) is 11.1 Å². The fourth-order valence-corrected chi connectivity index (χ4v) is 2.65. The molecule has 0 unspecified atom stereocenters. The second kappa shape index (κ2) is 3.64. The van der Waals surface area contributed by atoms with E-state index in [0.29, 0.717) is 0 Å². The maximum Gasteiger partial charge on any atom is 0.0414 e. The molecule has 0 amide bonds. The first-order valence-corrected chi connectivity index (χ1v) is 5.70. The van der Waals surface area contributed by atoms with Crippen molar-refractivity contribution < 1.29 is 0 Å². The molecule has 82 valence electrons. The van der Waals surface area contributed by atoms with Crippen LogP contribution in [0.4, 0.5) is 0 Å². The standard InChI is InChI=1S/C13H17N.CH4/c14-13(8-9-13)12-7-3-5-10-4-1-2-6-11(10)12;/h3,5,7H,1-2,4,6,8-9,14H2;1H4. The van der Waals surface area contributed by atoms with Gasteiger partial charge in [0.05, 0.1) is 0 Å². The van der Waals surface area contributed by atoms with Gasteiger partial charge in [-0.15, -0.1) is 0 Å². The number of aryl methyl sites for hydroxylation is 1. The van der Waals surface area contributed by atoms with Gasteiger partial charge in [0.25, 0.3) is 0 Å². The SMILES string of the molecule is C.NC1(c2cccc3c2CCCC3)CC1. The highest BCUT2D eigenvalue weighted by molar-refractivity contribution is 5.43. The summed E-state index contributed by atoms with van der Waals surface area (Å²) in [4.78, 5) is 0. The van der Waals surface area contributed by atoms with Crippen LogP contribution < -0.4 is 5.73 Å². The van der Waals surface area contributed by atoms with Gasteiger partial charge in [-0.1, -0.05) is 25.6 Å². The van der Waals surface area contributed by atoms with E-state index in [1.807, 2.05) is 0 Å². The largest absolute Gasteiger partial charge is 0.321 e. The van der Waals surface area contributed by atoms with Crippen LogP contribution in [0.15, 0.2) is 18.2 Å².